The number of rotatable bonds is 1. The van der Waals surface area contributed by atoms with Crippen LogP contribution in [-0.2, 0) is 0 Å². The number of pyridine rings is 1. The average Bonchev–Trinajstić information content (AvgIpc) is 2.17. The van der Waals surface area contributed by atoms with Crippen LogP contribution in [0, 0.1) is 5.82 Å². The van der Waals surface area contributed by atoms with E-state index in [1.54, 1.807) is 6.07 Å². The van der Waals surface area contributed by atoms with Crippen molar-refractivity contribution in [2.24, 2.45) is 0 Å². The van der Waals surface area contributed by atoms with E-state index in [-0.39, 0.29) is 11.4 Å². The van der Waals surface area contributed by atoms with Gasteiger partial charge in [0, 0.05) is 17.0 Å². The van der Waals surface area contributed by atoms with Crippen LogP contribution >= 0.6 is 15.9 Å². The van der Waals surface area contributed by atoms with Crippen molar-refractivity contribution in [3.8, 4) is 0 Å². The van der Waals surface area contributed by atoms with E-state index in [2.05, 4.69) is 47.0 Å². The zero-order valence-corrected chi connectivity index (χ0v) is 11.6. The van der Waals surface area contributed by atoms with Gasteiger partial charge in [-0.05, 0) is 54.9 Å². The molecule has 2 aromatic rings. The molecule has 1 aromatic carbocycles. The van der Waals surface area contributed by atoms with E-state index < -0.39 is 0 Å². The van der Waals surface area contributed by atoms with Gasteiger partial charge in [0.15, 0.2) is 0 Å². The molecule has 0 aliphatic heterocycles. The Labute approximate surface area is 108 Å². The quantitative estimate of drug-likeness (QED) is 0.846. The summed E-state index contributed by atoms with van der Waals surface area (Å²) < 4.78 is 14.0. The fraction of sp³-hybridized carbons (Fsp3) is 0.308. The molecule has 0 aliphatic carbocycles. The van der Waals surface area contributed by atoms with E-state index in [9.17, 15) is 4.39 Å². The van der Waals surface area contributed by atoms with Gasteiger partial charge in [-0.3, -0.25) is 0 Å². The molecule has 90 valence electrons. The molecule has 0 saturated carbocycles. The summed E-state index contributed by atoms with van der Waals surface area (Å²) in [6, 6.07) is 6.54. The summed E-state index contributed by atoms with van der Waals surface area (Å²) in [6.07, 6.45) is 0. The van der Waals surface area contributed by atoms with Crippen LogP contribution in [0.3, 0.4) is 0 Å². The molecular weight excluding hydrogens is 283 g/mol. The summed E-state index contributed by atoms with van der Waals surface area (Å²) in [4.78, 5) is 4.42. The molecule has 0 spiro atoms. The van der Waals surface area contributed by atoms with Crippen LogP contribution in [0.4, 0.5) is 10.2 Å². The molecule has 2 rings (SSSR count). The molecule has 17 heavy (non-hydrogen) atoms. The highest BCUT2D eigenvalue weighted by Gasteiger charge is 2.13. The zero-order chi connectivity index (χ0) is 12.6. The van der Waals surface area contributed by atoms with E-state index >= 15 is 0 Å². The van der Waals surface area contributed by atoms with Gasteiger partial charge < -0.3 is 5.32 Å². The second kappa shape index (κ2) is 4.26. The zero-order valence-electron chi connectivity index (χ0n) is 10.0. The monoisotopic (exact) mass is 296 g/mol. The van der Waals surface area contributed by atoms with Crippen LogP contribution in [0.2, 0.25) is 0 Å². The Morgan fingerprint density at radius 2 is 1.94 bits per heavy atom. The lowest BCUT2D eigenvalue weighted by atomic mass is 10.1. The van der Waals surface area contributed by atoms with Crippen molar-refractivity contribution in [2.75, 3.05) is 5.32 Å². The number of nitrogens with one attached hydrogen (secondary N) is 1. The van der Waals surface area contributed by atoms with Gasteiger partial charge in [0.1, 0.15) is 11.6 Å². The van der Waals surface area contributed by atoms with Crippen LogP contribution < -0.4 is 5.32 Å². The van der Waals surface area contributed by atoms with Crippen molar-refractivity contribution >= 4 is 32.7 Å². The Morgan fingerprint density at radius 1 is 1.24 bits per heavy atom. The molecule has 0 amide bonds. The fourth-order valence-electron chi connectivity index (χ4n) is 1.56. The van der Waals surface area contributed by atoms with Gasteiger partial charge >= 0.3 is 0 Å². The van der Waals surface area contributed by atoms with Crippen LogP contribution in [0.1, 0.15) is 20.8 Å². The highest BCUT2D eigenvalue weighted by molar-refractivity contribution is 9.10. The maximum Gasteiger partial charge on any atom is 0.141 e. The van der Waals surface area contributed by atoms with Gasteiger partial charge in [-0.2, -0.15) is 0 Å². The summed E-state index contributed by atoms with van der Waals surface area (Å²) in [5.41, 5.74) is 0.566. The van der Waals surface area contributed by atoms with Crippen molar-refractivity contribution in [2.45, 2.75) is 26.3 Å². The molecule has 4 heteroatoms. The lowest BCUT2D eigenvalue weighted by molar-refractivity contribution is 0.628. The topological polar surface area (TPSA) is 24.9 Å². The summed E-state index contributed by atoms with van der Waals surface area (Å²) in [6.45, 7) is 6.16. The van der Waals surface area contributed by atoms with E-state index in [0.717, 1.165) is 15.7 Å². The SMILES string of the molecule is CC(C)(C)Nc1nc2cc(F)ccc2cc1Br. The van der Waals surface area contributed by atoms with Gasteiger partial charge in [0.05, 0.1) is 9.99 Å². The minimum atomic E-state index is -0.269. The second-order valence-corrected chi connectivity index (χ2v) is 5.89. The average molecular weight is 297 g/mol. The largest absolute Gasteiger partial charge is 0.365 e. The highest BCUT2D eigenvalue weighted by Crippen LogP contribution is 2.27. The summed E-state index contributed by atoms with van der Waals surface area (Å²) in [7, 11) is 0. The predicted molar refractivity (Wildman–Crippen MR) is 72.8 cm³/mol. The number of hydrogen-bond donors (Lipinski definition) is 1. The molecule has 0 atom stereocenters. The first-order chi connectivity index (χ1) is 7.85. The number of fused-ring (bicyclic) bond motifs is 1. The molecule has 0 saturated heterocycles. The smallest absolute Gasteiger partial charge is 0.141 e. The first-order valence-electron chi connectivity index (χ1n) is 5.39. The fourth-order valence-corrected chi connectivity index (χ4v) is 1.99. The van der Waals surface area contributed by atoms with Crippen molar-refractivity contribution in [3.63, 3.8) is 0 Å². The van der Waals surface area contributed by atoms with Gasteiger partial charge in [0.25, 0.3) is 0 Å². The second-order valence-electron chi connectivity index (χ2n) is 5.03. The first-order valence-corrected chi connectivity index (χ1v) is 6.18. The van der Waals surface area contributed by atoms with Crippen LogP contribution in [0.25, 0.3) is 10.9 Å². The molecule has 0 fully saturated rings. The number of anilines is 1. The van der Waals surface area contributed by atoms with Crippen LogP contribution in [-0.4, -0.2) is 10.5 Å². The van der Waals surface area contributed by atoms with Gasteiger partial charge in [0.2, 0.25) is 0 Å². The lowest BCUT2D eigenvalue weighted by Gasteiger charge is -2.22. The lowest BCUT2D eigenvalue weighted by Crippen LogP contribution is -2.26. The molecule has 0 bridgehead atoms. The third-order valence-corrected chi connectivity index (χ3v) is 2.83. The van der Waals surface area contributed by atoms with Crippen molar-refractivity contribution < 1.29 is 4.39 Å². The summed E-state index contributed by atoms with van der Waals surface area (Å²) in [5, 5.41) is 4.20. The van der Waals surface area contributed by atoms with Gasteiger partial charge in [-0.25, -0.2) is 9.37 Å². The highest BCUT2D eigenvalue weighted by atomic mass is 79.9. The Balaban J connectivity index is 2.53. The molecule has 0 unspecified atom stereocenters. The molecule has 1 heterocycles. The normalized spacial score (nSPS) is 11.8. The Bertz CT molecular complexity index is 561. The van der Waals surface area contributed by atoms with Crippen molar-refractivity contribution in [1.29, 1.82) is 0 Å². The van der Waals surface area contributed by atoms with E-state index in [4.69, 9.17) is 0 Å². The Kier molecular flexibility index (Phi) is 3.08. The Morgan fingerprint density at radius 3 is 2.59 bits per heavy atom. The van der Waals surface area contributed by atoms with Crippen LogP contribution in [0.15, 0.2) is 28.7 Å². The number of nitrogens with zero attached hydrogens (tertiary/aromatic N) is 1. The standard InChI is InChI=1S/C13H14BrFN2/c1-13(2,3)17-12-10(14)6-8-4-5-9(15)7-11(8)16-12/h4-7H,1-3H3,(H,16,17). The number of benzene rings is 1. The summed E-state index contributed by atoms with van der Waals surface area (Å²) in [5.74, 6) is 0.463. The van der Waals surface area contributed by atoms with Crippen molar-refractivity contribution in [1.82, 2.24) is 4.98 Å². The molecule has 1 aromatic heterocycles. The molecule has 0 aliphatic rings. The maximum atomic E-state index is 13.1. The third kappa shape index (κ3) is 2.94. The van der Waals surface area contributed by atoms with E-state index in [1.807, 2.05) is 6.07 Å². The van der Waals surface area contributed by atoms with Crippen molar-refractivity contribution in [3.05, 3.63) is 34.6 Å². The maximum absolute atomic E-state index is 13.1. The summed E-state index contributed by atoms with van der Waals surface area (Å²) >= 11 is 3.47. The molecule has 2 nitrogen and oxygen atoms in total. The minimum absolute atomic E-state index is 0.0868. The van der Waals surface area contributed by atoms with Crippen LogP contribution in [0.5, 0.6) is 0 Å². The van der Waals surface area contributed by atoms with Gasteiger partial charge in [-0.15, -0.1) is 0 Å². The molecule has 1 N–H and O–H groups in total. The van der Waals surface area contributed by atoms with E-state index in [0.29, 0.717) is 5.52 Å². The molecule has 0 radical (unpaired) electrons. The van der Waals surface area contributed by atoms with E-state index in [1.165, 1.54) is 12.1 Å². The number of aromatic nitrogens is 1. The number of hydrogen-bond acceptors (Lipinski definition) is 2. The number of halogens is 2. The Hall–Kier alpha value is -1.16. The first kappa shape index (κ1) is 12.3. The molecular formula is C13H14BrFN2. The third-order valence-electron chi connectivity index (χ3n) is 2.23. The van der Waals surface area contributed by atoms with Gasteiger partial charge in [-0.1, -0.05) is 0 Å². The minimum Gasteiger partial charge on any atom is -0.365 e. The predicted octanol–water partition coefficient (Wildman–Crippen LogP) is 4.35.